The van der Waals surface area contributed by atoms with Gasteiger partial charge in [-0.2, -0.15) is 0 Å². The zero-order chi connectivity index (χ0) is 20.2. The molecule has 2 heterocycles. The highest BCUT2D eigenvalue weighted by Gasteiger charge is 2.05. The molecule has 0 saturated carbocycles. The Balaban J connectivity index is 0.000000128. The largest absolute Gasteiger partial charge is 0.236 e. The fraction of sp³-hybridized carbons (Fsp3) is 0. The van der Waals surface area contributed by atoms with Gasteiger partial charge in [-0.15, -0.1) is 22.7 Å². The normalized spacial score (nSPS) is 10.7. The summed E-state index contributed by atoms with van der Waals surface area (Å²) >= 11 is 3.48. The minimum absolute atomic E-state index is 1.08. The Morgan fingerprint density at radius 3 is 1.17 bits per heavy atom. The van der Waals surface area contributed by atoms with Crippen LogP contribution in [0.2, 0.25) is 0 Å². The second-order valence-corrected chi connectivity index (χ2v) is 8.77. The van der Waals surface area contributed by atoms with Crippen molar-refractivity contribution < 1.29 is 0 Å². The Morgan fingerprint density at radius 2 is 0.767 bits per heavy atom. The van der Waals surface area contributed by atoms with Crippen molar-refractivity contribution in [2.24, 2.45) is 0 Å². The number of thiazole rings is 2. The molecule has 30 heavy (non-hydrogen) atoms. The molecule has 0 radical (unpaired) electrons. The Bertz CT molecular complexity index is 1210. The third-order valence-corrected chi connectivity index (χ3v) is 6.80. The minimum Gasteiger partial charge on any atom is -0.236 e. The van der Waals surface area contributed by atoms with E-state index in [1.807, 2.05) is 48.5 Å². The van der Waals surface area contributed by atoms with Crippen LogP contribution in [0.5, 0.6) is 0 Å². The monoisotopic (exact) mass is 422 g/mol. The molecule has 144 valence electrons. The van der Waals surface area contributed by atoms with Crippen LogP contribution in [-0.2, 0) is 0 Å². The van der Waals surface area contributed by atoms with Crippen LogP contribution in [0.15, 0.2) is 109 Å². The zero-order valence-corrected chi connectivity index (χ0v) is 17.7. The van der Waals surface area contributed by atoms with Crippen LogP contribution >= 0.6 is 22.7 Å². The number of para-hydroxylation sites is 2. The quantitative estimate of drug-likeness (QED) is 0.283. The topological polar surface area (TPSA) is 25.8 Å². The number of nitrogens with zero attached hydrogens (tertiary/aromatic N) is 2. The highest BCUT2D eigenvalue weighted by atomic mass is 32.1. The second-order valence-electron chi connectivity index (χ2n) is 6.71. The molecule has 0 saturated heterocycles. The number of fused-ring (bicyclic) bond motifs is 2. The Kier molecular flexibility index (Phi) is 5.34. The molecular weight excluding hydrogens is 404 g/mol. The van der Waals surface area contributed by atoms with Crippen LogP contribution in [0.3, 0.4) is 0 Å². The van der Waals surface area contributed by atoms with Crippen molar-refractivity contribution >= 4 is 43.1 Å². The van der Waals surface area contributed by atoms with Crippen LogP contribution in [-0.4, -0.2) is 9.97 Å². The molecule has 2 aromatic heterocycles. The standard InChI is InChI=1S/2C13H9NS/c2*1-2-6-10(7-3-1)13-14-11-8-4-5-9-12(11)15-13/h2*1-9H. The van der Waals surface area contributed by atoms with Gasteiger partial charge in [0.25, 0.3) is 0 Å². The van der Waals surface area contributed by atoms with Gasteiger partial charge in [0.05, 0.1) is 20.4 Å². The number of hydrogen-bond donors (Lipinski definition) is 0. The first-order chi connectivity index (χ1) is 14.9. The molecule has 0 aliphatic heterocycles. The molecule has 4 heteroatoms. The summed E-state index contributed by atoms with van der Waals surface area (Å²) in [6, 6.07) is 37.1. The lowest BCUT2D eigenvalue weighted by Crippen LogP contribution is -1.73. The average molecular weight is 423 g/mol. The minimum atomic E-state index is 1.08. The third kappa shape index (κ3) is 4.01. The summed E-state index contributed by atoms with van der Waals surface area (Å²) in [4.78, 5) is 9.20. The molecule has 0 amide bonds. The van der Waals surface area contributed by atoms with E-state index in [0.717, 1.165) is 21.0 Å². The summed E-state index contributed by atoms with van der Waals surface area (Å²) in [6.45, 7) is 0. The highest BCUT2D eigenvalue weighted by molar-refractivity contribution is 7.22. The van der Waals surface area contributed by atoms with Crippen molar-refractivity contribution in [3.05, 3.63) is 109 Å². The van der Waals surface area contributed by atoms with Gasteiger partial charge in [-0.25, -0.2) is 9.97 Å². The first-order valence-electron chi connectivity index (χ1n) is 9.69. The molecule has 2 nitrogen and oxygen atoms in total. The van der Waals surface area contributed by atoms with Crippen LogP contribution in [0.1, 0.15) is 0 Å². The smallest absolute Gasteiger partial charge is 0.124 e. The fourth-order valence-corrected chi connectivity index (χ4v) is 5.10. The molecule has 4 aromatic carbocycles. The van der Waals surface area contributed by atoms with Crippen molar-refractivity contribution in [3.63, 3.8) is 0 Å². The van der Waals surface area contributed by atoms with E-state index in [0.29, 0.717) is 0 Å². The zero-order valence-electron chi connectivity index (χ0n) is 16.1. The fourth-order valence-electron chi connectivity index (χ4n) is 3.15. The Labute approximate surface area is 183 Å². The summed E-state index contributed by atoms with van der Waals surface area (Å²) in [5.41, 5.74) is 4.56. The number of hydrogen-bond acceptors (Lipinski definition) is 4. The van der Waals surface area contributed by atoms with Crippen LogP contribution in [0, 0.1) is 0 Å². The molecule has 0 bridgehead atoms. The number of aromatic nitrogens is 2. The maximum absolute atomic E-state index is 4.60. The van der Waals surface area contributed by atoms with Crippen LogP contribution in [0.25, 0.3) is 41.6 Å². The van der Waals surface area contributed by atoms with Gasteiger partial charge in [-0.05, 0) is 24.3 Å². The van der Waals surface area contributed by atoms with Gasteiger partial charge >= 0.3 is 0 Å². The predicted octanol–water partition coefficient (Wildman–Crippen LogP) is 7.93. The van der Waals surface area contributed by atoms with Gasteiger partial charge in [-0.3, -0.25) is 0 Å². The van der Waals surface area contributed by atoms with Gasteiger partial charge in [0.2, 0.25) is 0 Å². The van der Waals surface area contributed by atoms with Gasteiger partial charge in [0.15, 0.2) is 0 Å². The first-order valence-corrected chi connectivity index (χ1v) is 11.3. The molecule has 0 N–H and O–H groups in total. The highest BCUT2D eigenvalue weighted by Crippen LogP contribution is 2.30. The van der Waals surface area contributed by atoms with Crippen LogP contribution in [0.4, 0.5) is 0 Å². The predicted molar refractivity (Wildman–Crippen MR) is 130 cm³/mol. The van der Waals surface area contributed by atoms with Crippen LogP contribution < -0.4 is 0 Å². The van der Waals surface area contributed by atoms with Gasteiger partial charge in [0.1, 0.15) is 10.0 Å². The molecule has 0 spiro atoms. The van der Waals surface area contributed by atoms with E-state index in [1.165, 1.54) is 20.5 Å². The molecule has 0 atom stereocenters. The van der Waals surface area contributed by atoms with Gasteiger partial charge in [0, 0.05) is 11.1 Å². The van der Waals surface area contributed by atoms with E-state index >= 15 is 0 Å². The molecule has 6 aromatic rings. The van der Waals surface area contributed by atoms with Crippen molar-refractivity contribution in [3.8, 4) is 21.1 Å². The average Bonchev–Trinajstić information content (AvgIpc) is 3.45. The van der Waals surface area contributed by atoms with E-state index < -0.39 is 0 Å². The third-order valence-electron chi connectivity index (χ3n) is 4.63. The molecular formula is C26H18N2S2. The maximum Gasteiger partial charge on any atom is 0.124 e. The summed E-state index contributed by atoms with van der Waals surface area (Å²) in [5.74, 6) is 0. The van der Waals surface area contributed by atoms with E-state index in [4.69, 9.17) is 0 Å². The van der Waals surface area contributed by atoms with Gasteiger partial charge < -0.3 is 0 Å². The lowest BCUT2D eigenvalue weighted by Gasteiger charge is -1.92. The number of benzene rings is 4. The Hall–Kier alpha value is -3.34. The molecule has 6 rings (SSSR count). The molecule has 0 fully saturated rings. The summed E-state index contributed by atoms with van der Waals surface area (Å²) in [6.07, 6.45) is 0. The van der Waals surface area contributed by atoms with Crippen molar-refractivity contribution in [1.82, 2.24) is 9.97 Å². The lowest BCUT2D eigenvalue weighted by atomic mass is 10.2. The van der Waals surface area contributed by atoms with Crippen molar-refractivity contribution in [2.75, 3.05) is 0 Å². The van der Waals surface area contributed by atoms with Gasteiger partial charge in [-0.1, -0.05) is 84.9 Å². The van der Waals surface area contributed by atoms with Crippen molar-refractivity contribution in [2.45, 2.75) is 0 Å². The SMILES string of the molecule is c1ccc(-c2nc3ccccc3s2)cc1.c1ccc(-c2nc3ccccc3s2)cc1. The maximum atomic E-state index is 4.60. The van der Waals surface area contributed by atoms with Crippen molar-refractivity contribution in [1.29, 1.82) is 0 Å². The van der Waals surface area contributed by atoms with E-state index in [2.05, 4.69) is 70.6 Å². The number of rotatable bonds is 2. The second kappa shape index (κ2) is 8.57. The molecule has 0 aliphatic carbocycles. The van der Waals surface area contributed by atoms with E-state index in [9.17, 15) is 0 Å². The molecule has 0 aliphatic rings. The molecule has 0 unspecified atom stereocenters. The summed E-state index contributed by atoms with van der Waals surface area (Å²) in [5, 5.41) is 2.19. The summed E-state index contributed by atoms with van der Waals surface area (Å²) in [7, 11) is 0. The first kappa shape index (κ1) is 18.7. The van der Waals surface area contributed by atoms with E-state index in [-0.39, 0.29) is 0 Å². The van der Waals surface area contributed by atoms with E-state index in [1.54, 1.807) is 22.7 Å². The lowest BCUT2D eigenvalue weighted by molar-refractivity contribution is 1.48. The Morgan fingerprint density at radius 1 is 0.400 bits per heavy atom. The summed E-state index contributed by atoms with van der Waals surface area (Å²) < 4.78 is 2.49.